The van der Waals surface area contributed by atoms with E-state index in [0.29, 0.717) is 41.6 Å². The molecule has 5 aromatic rings. The van der Waals surface area contributed by atoms with Crippen LogP contribution in [0.5, 0.6) is 0 Å². The quantitative estimate of drug-likeness (QED) is 0.154. The fourth-order valence-corrected chi connectivity index (χ4v) is 7.65. The van der Waals surface area contributed by atoms with Gasteiger partial charge in [-0.3, -0.25) is 28.9 Å². The predicted octanol–water partition coefficient (Wildman–Crippen LogP) is 6.95. The van der Waals surface area contributed by atoms with Gasteiger partial charge in [-0.2, -0.15) is 5.10 Å². The fourth-order valence-electron chi connectivity index (χ4n) is 7.65. The van der Waals surface area contributed by atoms with Gasteiger partial charge in [0.2, 0.25) is 11.8 Å². The number of fused-ring (bicyclic) bond motifs is 1. The molecule has 3 aliphatic rings. The lowest BCUT2D eigenvalue weighted by Gasteiger charge is -2.38. The average molecular weight is 769 g/mol. The van der Waals surface area contributed by atoms with E-state index < -0.39 is 11.6 Å². The van der Waals surface area contributed by atoms with Crippen molar-refractivity contribution in [3.05, 3.63) is 90.1 Å². The minimum atomic E-state index is -0.652. The third-order valence-electron chi connectivity index (χ3n) is 10.8. The molecule has 0 bridgehead atoms. The van der Waals surface area contributed by atoms with Crippen LogP contribution < -0.4 is 15.5 Å². The van der Waals surface area contributed by atoms with Crippen LogP contribution >= 0.6 is 0 Å². The SMILES string of the molecule is CC.CC.Cc1cc(-c2cnc(Nc3cnn(C4CCN(CCN5CCN(c6ccc(C7CCC(=O)NC7=O)cc6)CC5)CC4)c3)c3nccn23)c(F)cc1F. The molecule has 3 fully saturated rings. The molecule has 2 N–H and O–H groups in total. The number of benzene rings is 2. The predicted molar refractivity (Wildman–Crippen MR) is 216 cm³/mol. The Morgan fingerprint density at radius 3 is 2.23 bits per heavy atom. The minimum Gasteiger partial charge on any atom is -0.369 e. The van der Waals surface area contributed by atoms with Gasteiger partial charge in [0.1, 0.15) is 11.6 Å². The average Bonchev–Trinajstić information content (AvgIpc) is 3.92. The molecular weight excluding hydrogens is 715 g/mol. The molecule has 8 rings (SSSR count). The van der Waals surface area contributed by atoms with E-state index in [1.807, 2.05) is 50.7 Å². The number of amides is 2. The number of aryl methyl sites for hydroxylation is 1. The second-order valence-corrected chi connectivity index (χ2v) is 14.0. The zero-order valence-corrected chi connectivity index (χ0v) is 33.1. The lowest BCUT2D eigenvalue weighted by atomic mass is 9.90. The number of imidazole rings is 1. The van der Waals surface area contributed by atoms with Gasteiger partial charge in [-0.15, -0.1) is 0 Å². The standard InChI is InChI=1S/C38H42F2N10O2.2C2H6/c1-25-20-31(33(40)21-32(25)39)34-23-42-36(37-41-10-13-49(34)37)44-27-22-43-50(24-27)29-8-11-46(12-9-29)14-15-47-16-18-48(19-17-47)28-4-2-26(3-5-28)30-6-7-35(51)45-38(30)52;2*1-2/h2-5,10,13,20-24,29-30H,6-9,11-12,14-19H2,1H3,(H,42,44)(H,45,51,52);2*1-2H3. The summed E-state index contributed by atoms with van der Waals surface area (Å²) in [7, 11) is 0. The Morgan fingerprint density at radius 2 is 1.54 bits per heavy atom. The van der Waals surface area contributed by atoms with Crippen molar-refractivity contribution in [3.63, 3.8) is 0 Å². The number of aromatic nitrogens is 5. The number of carbonyl (C=O) groups is 2. The molecule has 1 unspecified atom stereocenters. The number of nitrogens with zero attached hydrogens (tertiary/aromatic N) is 8. The molecule has 56 heavy (non-hydrogen) atoms. The number of carbonyl (C=O) groups excluding carboxylic acids is 2. The molecule has 6 heterocycles. The van der Waals surface area contributed by atoms with Gasteiger partial charge < -0.3 is 15.1 Å². The Morgan fingerprint density at radius 1 is 0.839 bits per heavy atom. The molecule has 2 amide bonds. The van der Waals surface area contributed by atoms with Crippen LogP contribution in [0.3, 0.4) is 0 Å². The Hall–Kier alpha value is -5.21. The molecule has 2 aromatic carbocycles. The molecule has 1 atom stereocenters. The Bertz CT molecular complexity index is 2080. The smallest absolute Gasteiger partial charge is 0.234 e. The topological polar surface area (TPSA) is 116 Å². The summed E-state index contributed by atoms with van der Waals surface area (Å²) in [6, 6.07) is 11.0. The van der Waals surface area contributed by atoms with Crippen LogP contribution in [-0.4, -0.2) is 98.1 Å². The van der Waals surface area contributed by atoms with Crippen LogP contribution in [0.4, 0.5) is 26.0 Å². The lowest BCUT2D eigenvalue weighted by molar-refractivity contribution is -0.134. The van der Waals surface area contributed by atoms with E-state index in [-0.39, 0.29) is 23.3 Å². The summed E-state index contributed by atoms with van der Waals surface area (Å²) >= 11 is 0. The van der Waals surface area contributed by atoms with Crippen LogP contribution in [0.15, 0.2) is 67.4 Å². The highest BCUT2D eigenvalue weighted by Crippen LogP contribution is 2.30. The van der Waals surface area contributed by atoms with E-state index in [1.165, 1.54) is 11.8 Å². The van der Waals surface area contributed by atoms with Gasteiger partial charge in [0.05, 0.1) is 35.7 Å². The molecule has 0 saturated carbocycles. The molecule has 0 spiro atoms. The van der Waals surface area contributed by atoms with Gasteiger partial charge in [-0.1, -0.05) is 39.8 Å². The van der Waals surface area contributed by atoms with Crippen molar-refractivity contribution in [2.75, 3.05) is 62.6 Å². The summed E-state index contributed by atoms with van der Waals surface area (Å²) < 4.78 is 32.4. The molecular formula is C42H54F2N10O2. The zero-order valence-electron chi connectivity index (χ0n) is 33.1. The van der Waals surface area contributed by atoms with Crippen molar-refractivity contribution in [1.82, 2.24) is 39.3 Å². The van der Waals surface area contributed by atoms with E-state index in [0.717, 1.165) is 82.5 Å². The largest absolute Gasteiger partial charge is 0.369 e. The maximum absolute atomic E-state index is 14.7. The second-order valence-electron chi connectivity index (χ2n) is 14.0. The van der Waals surface area contributed by atoms with Crippen molar-refractivity contribution in [3.8, 4) is 11.3 Å². The first-order valence-corrected chi connectivity index (χ1v) is 20.0. The number of hydrogen-bond donors (Lipinski definition) is 2. The highest BCUT2D eigenvalue weighted by Gasteiger charge is 2.28. The van der Waals surface area contributed by atoms with Gasteiger partial charge in [0.25, 0.3) is 0 Å². The number of hydrogen-bond acceptors (Lipinski definition) is 9. The van der Waals surface area contributed by atoms with E-state index in [9.17, 15) is 18.4 Å². The first-order valence-electron chi connectivity index (χ1n) is 20.0. The maximum Gasteiger partial charge on any atom is 0.234 e. The van der Waals surface area contributed by atoms with Crippen LogP contribution in [0.25, 0.3) is 16.9 Å². The van der Waals surface area contributed by atoms with E-state index in [4.69, 9.17) is 0 Å². The molecule has 3 aromatic heterocycles. The Balaban J connectivity index is 0.00000129. The van der Waals surface area contributed by atoms with Crippen LogP contribution in [0, 0.1) is 18.6 Å². The number of nitrogens with one attached hydrogen (secondary N) is 2. The summed E-state index contributed by atoms with van der Waals surface area (Å²) in [6.45, 7) is 17.7. The molecule has 0 radical (unpaired) electrons. The summed E-state index contributed by atoms with van der Waals surface area (Å²) in [6.07, 6.45) is 11.7. The van der Waals surface area contributed by atoms with Crippen molar-refractivity contribution in [2.45, 2.75) is 72.3 Å². The van der Waals surface area contributed by atoms with Crippen molar-refractivity contribution in [2.24, 2.45) is 0 Å². The van der Waals surface area contributed by atoms with Gasteiger partial charge >= 0.3 is 0 Å². The first kappa shape index (κ1) is 40.5. The van der Waals surface area contributed by atoms with E-state index >= 15 is 0 Å². The number of imide groups is 1. The number of rotatable bonds is 9. The van der Waals surface area contributed by atoms with Crippen LogP contribution in [0.2, 0.25) is 0 Å². The van der Waals surface area contributed by atoms with Gasteiger partial charge in [-0.05, 0) is 55.5 Å². The van der Waals surface area contributed by atoms with Crippen LogP contribution in [0.1, 0.15) is 76.5 Å². The molecule has 14 heteroatoms. The second kappa shape index (κ2) is 18.6. The monoisotopic (exact) mass is 768 g/mol. The molecule has 298 valence electrons. The summed E-state index contributed by atoms with van der Waals surface area (Å²) in [5, 5.41) is 10.4. The maximum atomic E-state index is 14.7. The molecule has 12 nitrogen and oxygen atoms in total. The fraction of sp³-hybridized carbons (Fsp3) is 0.452. The third kappa shape index (κ3) is 9.08. The summed E-state index contributed by atoms with van der Waals surface area (Å²) in [5.74, 6) is -1.35. The van der Waals surface area contributed by atoms with E-state index in [1.54, 1.807) is 36.1 Å². The Kier molecular flexibility index (Phi) is 13.4. The summed E-state index contributed by atoms with van der Waals surface area (Å²) in [4.78, 5) is 40.2. The number of likely N-dealkylation sites (tertiary alicyclic amines) is 1. The van der Waals surface area contributed by atoms with Gasteiger partial charge in [0, 0.05) is 94.7 Å². The first-order chi connectivity index (χ1) is 27.3. The van der Waals surface area contributed by atoms with Crippen molar-refractivity contribution >= 4 is 34.7 Å². The third-order valence-corrected chi connectivity index (χ3v) is 10.8. The van der Waals surface area contributed by atoms with Crippen LogP contribution in [-0.2, 0) is 9.59 Å². The number of anilines is 3. The molecule has 0 aliphatic carbocycles. The lowest BCUT2D eigenvalue weighted by Crippen LogP contribution is -2.49. The van der Waals surface area contributed by atoms with Gasteiger partial charge in [-0.25, -0.2) is 18.7 Å². The molecule has 3 aliphatic heterocycles. The van der Waals surface area contributed by atoms with Gasteiger partial charge in [0.15, 0.2) is 11.5 Å². The number of piperidine rings is 2. The van der Waals surface area contributed by atoms with Crippen molar-refractivity contribution < 1.29 is 18.4 Å². The highest BCUT2D eigenvalue weighted by molar-refractivity contribution is 6.01. The number of piperazine rings is 1. The zero-order chi connectivity index (χ0) is 39.8. The number of halogens is 2. The molecule has 3 saturated heterocycles. The highest BCUT2D eigenvalue weighted by atomic mass is 19.1. The Labute approximate surface area is 327 Å². The summed E-state index contributed by atoms with van der Waals surface area (Å²) in [5.41, 5.74) is 4.56. The van der Waals surface area contributed by atoms with E-state index in [2.05, 4.69) is 52.5 Å². The normalized spacial score (nSPS) is 18.2. The van der Waals surface area contributed by atoms with Crippen molar-refractivity contribution in [1.29, 1.82) is 0 Å². The minimum absolute atomic E-state index is 0.185.